The smallest absolute Gasteiger partial charge is 0.232 e. The van der Waals surface area contributed by atoms with Crippen LogP contribution in [0.25, 0.3) is 0 Å². The first-order valence-corrected chi connectivity index (χ1v) is 4.23. The lowest BCUT2D eigenvalue weighted by molar-refractivity contribution is -0.131. The minimum absolute atomic E-state index is 0.0523. The zero-order valence-corrected chi connectivity index (χ0v) is 7.69. The molecule has 2 amide bonds. The van der Waals surface area contributed by atoms with Gasteiger partial charge in [-0.2, -0.15) is 0 Å². The molecule has 3 unspecified atom stereocenters. The van der Waals surface area contributed by atoms with E-state index in [1.807, 2.05) is 19.1 Å². The predicted molar refractivity (Wildman–Crippen MR) is 46.8 cm³/mol. The van der Waals surface area contributed by atoms with Crippen molar-refractivity contribution in [3.63, 3.8) is 0 Å². The molecule has 0 saturated heterocycles. The zero-order valence-electron chi connectivity index (χ0n) is 7.69. The molecule has 0 aromatic rings. The van der Waals surface area contributed by atoms with Crippen molar-refractivity contribution < 1.29 is 14.3 Å². The molecule has 0 aromatic heterocycles. The lowest BCUT2D eigenvalue weighted by atomic mass is 10.0. The molecule has 4 heteroatoms. The summed E-state index contributed by atoms with van der Waals surface area (Å²) in [6.45, 7) is 3.63. The van der Waals surface area contributed by atoms with Crippen molar-refractivity contribution in [1.29, 1.82) is 0 Å². The molecule has 1 heterocycles. The molecule has 1 aliphatic rings. The Bertz CT molecular complexity index is 237. The van der Waals surface area contributed by atoms with Gasteiger partial charge in [-0.25, -0.2) is 0 Å². The first-order chi connectivity index (χ1) is 6.15. The van der Waals surface area contributed by atoms with Gasteiger partial charge in [-0.1, -0.05) is 19.1 Å². The van der Waals surface area contributed by atoms with E-state index in [1.165, 1.54) is 0 Å². The van der Waals surface area contributed by atoms with E-state index < -0.39 is 0 Å². The van der Waals surface area contributed by atoms with Crippen LogP contribution in [0.15, 0.2) is 12.2 Å². The number of carbonyl (C=O) groups excluding carboxylic acids is 2. The van der Waals surface area contributed by atoms with Crippen LogP contribution in [0.2, 0.25) is 0 Å². The quantitative estimate of drug-likeness (QED) is 0.503. The molecular formula is C9H13NO3. The van der Waals surface area contributed by atoms with Crippen LogP contribution in [0.4, 0.5) is 0 Å². The van der Waals surface area contributed by atoms with Crippen LogP contribution in [-0.4, -0.2) is 24.5 Å². The molecule has 4 nitrogen and oxygen atoms in total. The predicted octanol–water partition coefficient (Wildman–Crippen LogP) is 0.239. The maximum Gasteiger partial charge on any atom is 0.232 e. The highest BCUT2D eigenvalue weighted by Crippen LogP contribution is 2.18. The summed E-state index contributed by atoms with van der Waals surface area (Å²) >= 11 is 0. The molecule has 1 N–H and O–H groups in total. The molecule has 0 aliphatic carbocycles. The SMILES string of the molecule is CC1C=CC(C(C)C(=O)NC=O)O1. The van der Waals surface area contributed by atoms with Crippen molar-refractivity contribution in [2.24, 2.45) is 5.92 Å². The van der Waals surface area contributed by atoms with Crippen molar-refractivity contribution in [3.05, 3.63) is 12.2 Å². The molecule has 13 heavy (non-hydrogen) atoms. The summed E-state index contributed by atoms with van der Waals surface area (Å²) in [4.78, 5) is 21.2. The van der Waals surface area contributed by atoms with E-state index in [0.29, 0.717) is 6.41 Å². The molecule has 1 aliphatic heterocycles. The fourth-order valence-electron chi connectivity index (χ4n) is 1.23. The maximum atomic E-state index is 11.2. The Hall–Kier alpha value is -1.16. The highest BCUT2D eigenvalue weighted by atomic mass is 16.5. The number of hydrogen-bond donors (Lipinski definition) is 1. The Labute approximate surface area is 76.9 Å². The van der Waals surface area contributed by atoms with Crippen LogP contribution in [-0.2, 0) is 14.3 Å². The first-order valence-electron chi connectivity index (χ1n) is 4.23. The highest BCUT2D eigenvalue weighted by Gasteiger charge is 2.26. The van der Waals surface area contributed by atoms with Gasteiger partial charge in [0.2, 0.25) is 12.3 Å². The van der Waals surface area contributed by atoms with Crippen LogP contribution in [0.1, 0.15) is 13.8 Å². The van der Waals surface area contributed by atoms with Crippen LogP contribution >= 0.6 is 0 Å². The minimum atomic E-state index is -0.327. The number of nitrogens with one attached hydrogen (secondary N) is 1. The van der Waals surface area contributed by atoms with E-state index in [4.69, 9.17) is 4.74 Å². The number of carbonyl (C=O) groups is 2. The Morgan fingerprint density at radius 2 is 2.31 bits per heavy atom. The van der Waals surface area contributed by atoms with E-state index in [0.717, 1.165) is 0 Å². The van der Waals surface area contributed by atoms with Gasteiger partial charge in [0.05, 0.1) is 18.1 Å². The molecule has 1 rings (SSSR count). The Morgan fingerprint density at radius 3 is 2.77 bits per heavy atom. The third kappa shape index (κ3) is 2.39. The summed E-state index contributed by atoms with van der Waals surface area (Å²) in [5, 5.41) is 2.10. The molecule has 0 saturated carbocycles. The number of hydrogen-bond acceptors (Lipinski definition) is 3. The van der Waals surface area contributed by atoms with Crippen molar-refractivity contribution in [1.82, 2.24) is 5.32 Å². The average Bonchev–Trinajstić information content (AvgIpc) is 2.51. The van der Waals surface area contributed by atoms with Gasteiger partial charge in [-0.05, 0) is 6.92 Å². The fourth-order valence-corrected chi connectivity index (χ4v) is 1.23. The molecular weight excluding hydrogens is 170 g/mol. The van der Waals surface area contributed by atoms with Gasteiger partial charge in [0.15, 0.2) is 0 Å². The standard InChI is InChI=1S/C9H13NO3/c1-6-3-4-8(13-6)7(2)9(12)10-5-11/h3-8H,1-2H3,(H,10,11,12). The molecule has 3 atom stereocenters. The lowest BCUT2D eigenvalue weighted by Crippen LogP contribution is -2.35. The summed E-state index contributed by atoms with van der Waals surface area (Å²) < 4.78 is 5.40. The van der Waals surface area contributed by atoms with E-state index in [2.05, 4.69) is 5.32 Å². The van der Waals surface area contributed by atoms with Gasteiger partial charge in [0.25, 0.3) is 0 Å². The van der Waals surface area contributed by atoms with E-state index >= 15 is 0 Å². The zero-order chi connectivity index (χ0) is 9.84. The lowest BCUT2D eigenvalue weighted by Gasteiger charge is -2.16. The number of imide groups is 1. The van der Waals surface area contributed by atoms with Crippen molar-refractivity contribution >= 4 is 12.3 Å². The van der Waals surface area contributed by atoms with Crippen LogP contribution in [0, 0.1) is 5.92 Å². The summed E-state index contributed by atoms with van der Waals surface area (Å²) in [6, 6.07) is 0. The summed E-state index contributed by atoms with van der Waals surface area (Å²) in [6.07, 6.45) is 3.97. The van der Waals surface area contributed by atoms with Crippen molar-refractivity contribution in [2.75, 3.05) is 0 Å². The number of amides is 2. The number of ether oxygens (including phenoxy) is 1. The summed E-state index contributed by atoms with van der Waals surface area (Å²) in [7, 11) is 0. The summed E-state index contributed by atoms with van der Waals surface area (Å²) in [5.74, 6) is -0.634. The number of rotatable bonds is 3. The van der Waals surface area contributed by atoms with Gasteiger partial charge in [-0.15, -0.1) is 0 Å². The van der Waals surface area contributed by atoms with E-state index in [-0.39, 0.29) is 24.0 Å². The van der Waals surface area contributed by atoms with Crippen LogP contribution in [0.3, 0.4) is 0 Å². The largest absolute Gasteiger partial charge is 0.366 e. The second-order valence-electron chi connectivity index (χ2n) is 3.11. The van der Waals surface area contributed by atoms with E-state index in [1.54, 1.807) is 6.92 Å². The van der Waals surface area contributed by atoms with Gasteiger partial charge in [-0.3, -0.25) is 14.9 Å². The maximum absolute atomic E-state index is 11.2. The molecule has 0 bridgehead atoms. The highest BCUT2D eigenvalue weighted by molar-refractivity contribution is 5.88. The fraction of sp³-hybridized carbons (Fsp3) is 0.556. The van der Waals surface area contributed by atoms with Crippen LogP contribution < -0.4 is 5.32 Å². The van der Waals surface area contributed by atoms with Crippen LogP contribution in [0.5, 0.6) is 0 Å². The third-order valence-corrected chi connectivity index (χ3v) is 2.05. The second kappa shape index (κ2) is 4.18. The van der Waals surface area contributed by atoms with Gasteiger partial charge < -0.3 is 4.74 Å². The normalized spacial score (nSPS) is 28.5. The Balaban J connectivity index is 2.48. The topological polar surface area (TPSA) is 55.4 Å². The Morgan fingerprint density at radius 1 is 1.62 bits per heavy atom. The molecule has 0 aromatic carbocycles. The first kappa shape index (κ1) is 9.92. The Kier molecular flexibility index (Phi) is 3.19. The van der Waals surface area contributed by atoms with Gasteiger partial charge in [0, 0.05) is 0 Å². The van der Waals surface area contributed by atoms with Gasteiger partial charge in [0.1, 0.15) is 0 Å². The van der Waals surface area contributed by atoms with E-state index in [9.17, 15) is 9.59 Å². The summed E-state index contributed by atoms with van der Waals surface area (Å²) in [5.41, 5.74) is 0. The second-order valence-corrected chi connectivity index (χ2v) is 3.11. The van der Waals surface area contributed by atoms with Crippen molar-refractivity contribution in [3.8, 4) is 0 Å². The third-order valence-electron chi connectivity index (χ3n) is 2.05. The minimum Gasteiger partial charge on any atom is -0.366 e. The van der Waals surface area contributed by atoms with Crippen molar-refractivity contribution in [2.45, 2.75) is 26.1 Å². The molecule has 72 valence electrons. The molecule has 0 fully saturated rings. The van der Waals surface area contributed by atoms with Gasteiger partial charge >= 0.3 is 0 Å². The molecule has 0 spiro atoms. The monoisotopic (exact) mass is 183 g/mol. The molecule has 0 radical (unpaired) electrons. The average molecular weight is 183 g/mol.